The van der Waals surface area contributed by atoms with Gasteiger partial charge in [-0.05, 0) is 55.0 Å². The molecule has 0 fully saturated rings. The Morgan fingerprint density at radius 1 is 0.805 bits per heavy atom. The van der Waals surface area contributed by atoms with E-state index in [0.29, 0.717) is 5.82 Å². The molecule has 3 atom stereocenters. The van der Waals surface area contributed by atoms with Crippen molar-refractivity contribution >= 4 is 9.76 Å². The van der Waals surface area contributed by atoms with E-state index in [-0.39, 0.29) is 6.29 Å². The van der Waals surface area contributed by atoms with Gasteiger partial charge in [-0.25, -0.2) is 9.97 Å². The molecule has 0 saturated carbocycles. The molecular weight excluding hydrogens is 524 g/mol. The summed E-state index contributed by atoms with van der Waals surface area (Å²) in [6.07, 6.45) is 17.3. The van der Waals surface area contributed by atoms with E-state index in [1.54, 1.807) is 0 Å². The van der Waals surface area contributed by atoms with Crippen LogP contribution in [0.3, 0.4) is 0 Å². The van der Waals surface area contributed by atoms with E-state index < -0.39 is 9.76 Å². The average Bonchev–Trinajstić information content (AvgIpc) is 3.40. The quantitative estimate of drug-likeness (QED) is 0.112. The van der Waals surface area contributed by atoms with Crippen molar-refractivity contribution in [2.24, 2.45) is 11.8 Å². The van der Waals surface area contributed by atoms with Crippen LogP contribution < -0.4 is 13.9 Å². The number of unbranched alkanes of at least 4 members (excludes halogenated alkanes) is 5. The zero-order valence-electron chi connectivity index (χ0n) is 25.7. The second-order valence-electron chi connectivity index (χ2n) is 11.9. The van der Waals surface area contributed by atoms with Crippen molar-refractivity contribution < 1.29 is 13.9 Å². The molecule has 4 rings (SSSR count). The maximum Gasteiger partial charge on any atom is 0.241 e. The van der Waals surface area contributed by atoms with E-state index in [4.69, 9.17) is 23.9 Å². The van der Waals surface area contributed by atoms with Crippen molar-refractivity contribution in [1.82, 2.24) is 9.97 Å². The second-order valence-corrected chi connectivity index (χ2v) is 13.3. The van der Waals surface area contributed by atoms with Gasteiger partial charge in [0.15, 0.2) is 17.3 Å². The molecule has 0 bridgehead atoms. The van der Waals surface area contributed by atoms with Crippen LogP contribution in [0.25, 0.3) is 22.5 Å². The van der Waals surface area contributed by atoms with Crippen LogP contribution in [-0.2, 0) is 0 Å². The lowest BCUT2D eigenvalue weighted by atomic mass is 9.92. The van der Waals surface area contributed by atoms with Crippen molar-refractivity contribution in [3.63, 3.8) is 0 Å². The highest BCUT2D eigenvalue weighted by molar-refractivity contribution is 6.28. The number of ether oxygens (including phenoxy) is 2. The van der Waals surface area contributed by atoms with Crippen molar-refractivity contribution in [2.75, 3.05) is 0 Å². The molecule has 3 aromatic rings. The number of fused-ring (bicyclic) bond motifs is 1. The number of nitrogens with zero attached hydrogens (tertiary/aromatic N) is 2. The number of hydrogen-bond donors (Lipinski definition) is 0. The minimum Gasteiger partial charge on any atom is -0.549 e. The molecule has 0 N–H and O–H groups in total. The van der Waals surface area contributed by atoms with E-state index in [9.17, 15) is 0 Å². The topological polar surface area (TPSA) is 53.5 Å². The minimum absolute atomic E-state index is 0.192. The molecule has 0 spiro atoms. The lowest BCUT2D eigenvalue weighted by Crippen LogP contribution is -2.17. The zero-order valence-corrected chi connectivity index (χ0v) is 27.2. The normalized spacial score (nSPS) is 15.9. The maximum absolute atomic E-state index is 6.39. The summed E-state index contributed by atoms with van der Waals surface area (Å²) in [6, 6.07) is 15.5. The van der Waals surface area contributed by atoms with Gasteiger partial charge in [0.1, 0.15) is 5.75 Å². The molecule has 0 amide bonds. The summed E-state index contributed by atoms with van der Waals surface area (Å²) in [5, 5.41) is 0. The molecule has 1 aromatic heterocycles. The third kappa shape index (κ3) is 9.59. The van der Waals surface area contributed by atoms with E-state index >= 15 is 0 Å². The van der Waals surface area contributed by atoms with Gasteiger partial charge in [-0.15, -0.1) is 0 Å². The molecule has 2 aromatic carbocycles. The third-order valence-electron chi connectivity index (χ3n) is 8.07. The lowest BCUT2D eigenvalue weighted by Gasteiger charge is -2.17. The van der Waals surface area contributed by atoms with E-state index in [0.717, 1.165) is 58.6 Å². The van der Waals surface area contributed by atoms with Gasteiger partial charge in [0.25, 0.3) is 0 Å². The van der Waals surface area contributed by atoms with Crippen molar-refractivity contribution in [3.8, 4) is 39.8 Å². The van der Waals surface area contributed by atoms with Crippen LogP contribution in [-0.4, -0.2) is 26.0 Å². The van der Waals surface area contributed by atoms with Gasteiger partial charge < -0.3 is 13.9 Å². The molecule has 3 unspecified atom stereocenters. The first-order chi connectivity index (χ1) is 20.1. The van der Waals surface area contributed by atoms with Crippen LogP contribution in [0.5, 0.6) is 17.2 Å². The Kier molecular flexibility index (Phi) is 12.5. The van der Waals surface area contributed by atoms with Crippen LogP contribution in [0, 0.1) is 11.8 Å². The molecule has 0 aliphatic carbocycles. The number of aromatic nitrogens is 2. The van der Waals surface area contributed by atoms with Crippen LogP contribution >= 0.6 is 0 Å². The highest BCUT2D eigenvalue weighted by Gasteiger charge is 2.24. The Balaban J connectivity index is 1.29. The maximum atomic E-state index is 6.39. The van der Waals surface area contributed by atoms with Crippen molar-refractivity contribution in [1.29, 1.82) is 0 Å². The molecule has 1 aliphatic heterocycles. The molecule has 2 heterocycles. The van der Waals surface area contributed by atoms with E-state index in [1.165, 1.54) is 63.8 Å². The van der Waals surface area contributed by atoms with Crippen LogP contribution in [0.2, 0.25) is 6.04 Å². The van der Waals surface area contributed by atoms with E-state index in [2.05, 4.69) is 45.9 Å². The van der Waals surface area contributed by atoms with Crippen molar-refractivity contribution in [2.45, 2.75) is 111 Å². The Morgan fingerprint density at radius 3 is 2.34 bits per heavy atom. The van der Waals surface area contributed by atoms with Crippen LogP contribution in [0.4, 0.5) is 0 Å². The summed E-state index contributed by atoms with van der Waals surface area (Å²) in [4.78, 5) is 9.41. The van der Waals surface area contributed by atoms with Gasteiger partial charge in [0.05, 0.1) is 0 Å². The standard InChI is InChI=1S/C35H50N2O3Si/c1-5-7-9-10-11-17-34-38-32-19-18-28(23-33(32)39-34)35-36-24-29(25-37-35)30-15-12-13-16-31(30)40-41-21-20-27(4)22-26(3)14-8-6-2/h12-13,15-16,18-19,23-27,34H,5-11,14,17,20-22,41H2,1-4H3. The monoisotopic (exact) mass is 574 g/mol. The summed E-state index contributed by atoms with van der Waals surface area (Å²) >= 11 is 0. The summed E-state index contributed by atoms with van der Waals surface area (Å²) in [5.74, 6) is 4.81. The number of benzene rings is 2. The Morgan fingerprint density at radius 2 is 1.54 bits per heavy atom. The first-order valence-electron chi connectivity index (χ1n) is 16.1. The zero-order chi connectivity index (χ0) is 28.9. The minimum atomic E-state index is -0.642. The molecule has 0 radical (unpaired) electrons. The summed E-state index contributed by atoms with van der Waals surface area (Å²) in [7, 11) is -0.642. The lowest BCUT2D eigenvalue weighted by molar-refractivity contribution is 0.0395. The number of hydrogen-bond acceptors (Lipinski definition) is 5. The third-order valence-corrected chi connectivity index (χ3v) is 9.28. The Bertz CT molecular complexity index is 1190. The van der Waals surface area contributed by atoms with Gasteiger partial charge in [0.2, 0.25) is 16.1 Å². The first-order valence-corrected chi connectivity index (χ1v) is 17.7. The molecule has 41 heavy (non-hydrogen) atoms. The SMILES string of the molecule is CCCCCCCC1Oc2ccc(-c3ncc(-c4ccccc4O[SiH2]CCC(C)CC(C)CCCC)cn3)cc2O1. The fourth-order valence-electron chi connectivity index (χ4n) is 5.71. The van der Waals surface area contributed by atoms with Gasteiger partial charge in [-0.2, -0.15) is 0 Å². The summed E-state index contributed by atoms with van der Waals surface area (Å²) < 4.78 is 18.5. The predicted octanol–water partition coefficient (Wildman–Crippen LogP) is 9.39. The van der Waals surface area contributed by atoms with Gasteiger partial charge in [-0.1, -0.05) is 97.3 Å². The summed E-state index contributed by atoms with van der Waals surface area (Å²) in [5.41, 5.74) is 2.96. The molecule has 6 heteroatoms. The second kappa shape index (κ2) is 16.5. The van der Waals surface area contributed by atoms with E-state index in [1.807, 2.05) is 36.7 Å². The Hall–Kier alpha value is -2.86. The fraction of sp³-hybridized carbons (Fsp3) is 0.543. The predicted molar refractivity (Wildman–Crippen MR) is 172 cm³/mol. The smallest absolute Gasteiger partial charge is 0.241 e. The van der Waals surface area contributed by atoms with Crippen molar-refractivity contribution in [3.05, 3.63) is 54.9 Å². The highest BCUT2D eigenvalue weighted by Crippen LogP contribution is 2.39. The molecular formula is C35H50N2O3Si. The number of para-hydroxylation sites is 1. The van der Waals surface area contributed by atoms with Gasteiger partial charge >= 0.3 is 0 Å². The average molecular weight is 575 g/mol. The highest BCUT2D eigenvalue weighted by atomic mass is 28.2. The molecule has 5 nitrogen and oxygen atoms in total. The van der Waals surface area contributed by atoms with Crippen LogP contribution in [0.15, 0.2) is 54.9 Å². The Labute approximate surface area is 250 Å². The van der Waals surface area contributed by atoms with Crippen LogP contribution in [0.1, 0.15) is 98.3 Å². The molecule has 1 aliphatic rings. The largest absolute Gasteiger partial charge is 0.549 e. The molecule has 0 saturated heterocycles. The molecule has 222 valence electrons. The fourth-order valence-corrected chi connectivity index (χ4v) is 7.19. The number of rotatable bonds is 18. The summed E-state index contributed by atoms with van der Waals surface area (Å²) in [6.45, 7) is 9.33. The van der Waals surface area contributed by atoms with Gasteiger partial charge in [0, 0.05) is 35.5 Å². The first kappa shape index (κ1) is 31.1. The van der Waals surface area contributed by atoms with Gasteiger partial charge in [-0.3, -0.25) is 0 Å².